The second-order valence-corrected chi connectivity index (χ2v) is 3.50. The molecule has 0 aromatic heterocycles. The first-order valence-electron chi connectivity index (χ1n) is 4.90. The number of nitrogens with two attached hydrogens (primary N) is 1. The van der Waals surface area contributed by atoms with Crippen LogP contribution in [0.3, 0.4) is 0 Å². The fraction of sp³-hybridized carbons (Fsp3) is 0.364. The standard InChI is InChI=1S/C11H14N2O2/c1-8-4-2-3-5-10(8)14-7-9-6-13-11(12)15-9/h2-5,9H,6-7H2,1H3,(H2,12,13). The molecule has 0 amide bonds. The molecule has 4 heteroatoms. The lowest BCUT2D eigenvalue weighted by Gasteiger charge is -2.12. The maximum atomic E-state index is 5.62. The van der Waals surface area contributed by atoms with Crippen LogP contribution in [0.4, 0.5) is 0 Å². The van der Waals surface area contributed by atoms with Gasteiger partial charge in [-0.1, -0.05) is 18.2 Å². The molecule has 0 spiro atoms. The first-order valence-corrected chi connectivity index (χ1v) is 4.90. The van der Waals surface area contributed by atoms with Crippen molar-refractivity contribution in [3.05, 3.63) is 29.8 Å². The highest BCUT2D eigenvalue weighted by molar-refractivity contribution is 5.73. The second-order valence-electron chi connectivity index (χ2n) is 3.50. The van der Waals surface area contributed by atoms with Crippen molar-refractivity contribution in [3.8, 4) is 5.75 Å². The van der Waals surface area contributed by atoms with E-state index in [-0.39, 0.29) is 12.1 Å². The van der Waals surface area contributed by atoms with Crippen LogP contribution in [0.15, 0.2) is 29.3 Å². The van der Waals surface area contributed by atoms with Crippen LogP contribution in [0.2, 0.25) is 0 Å². The summed E-state index contributed by atoms with van der Waals surface area (Å²) in [4.78, 5) is 3.94. The molecule has 0 radical (unpaired) electrons. The Kier molecular flexibility index (Phi) is 2.76. The summed E-state index contributed by atoms with van der Waals surface area (Å²) in [7, 11) is 0. The summed E-state index contributed by atoms with van der Waals surface area (Å²) in [5.74, 6) is 0.881. The number of aliphatic imine (C=N–C) groups is 1. The zero-order valence-corrected chi connectivity index (χ0v) is 8.64. The van der Waals surface area contributed by atoms with Crippen LogP contribution in [0.5, 0.6) is 5.75 Å². The Labute approximate surface area is 88.7 Å². The molecule has 1 atom stereocenters. The van der Waals surface area contributed by atoms with Crippen LogP contribution in [0, 0.1) is 6.92 Å². The molecule has 1 aromatic carbocycles. The Balaban J connectivity index is 1.86. The van der Waals surface area contributed by atoms with Crippen molar-refractivity contribution in [2.75, 3.05) is 13.2 Å². The lowest BCUT2D eigenvalue weighted by Crippen LogP contribution is -2.24. The number of nitrogens with zero attached hydrogens (tertiary/aromatic N) is 1. The van der Waals surface area contributed by atoms with Crippen LogP contribution in [-0.4, -0.2) is 25.3 Å². The molecule has 0 saturated heterocycles. The second kappa shape index (κ2) is 4.21. The minimum Gasteiger partial charge on any atom is -0.489 e. The lowest BCUT2D eigenvalue weighted by molar-refractivity contribution is 0.141. The third-order valence-corrected chi connectivity index (χ3v) is 2.26. The summed E-state index contributed by atoms with van der Waals surface area (Å²) in [6.45, 7) is 3.07. The van der Waals surface area contributed by atoms with Crippen LogP contribution >= 0.6 is 0 Å². The van der Waals surface area contributed by atoms with Crippen molar-refractivity contribution in [3.63, 3.8) is 0 Å². The third-order valence-electron chi connectivity index (χ3n) is 2.26. The number of hydrogen-bond acceptors (Lipinski definition) is 4. The minimum atomic E-state index is -0.0513. The predicted molar refractivity (Wildman–Crippen MR) is 58.0 cm³/mol. The lowest BCUT2D eigenvalue weighted by atomic mass is 10.2. The molecule has 2 N–H and O–H groups in total. The van der Waals surface area contributed by atoms with Crippen molar-refractivity contribution in [1.82, 2.24) is 0 Å². The van der Waals surface area contributed by atoms with Crippen LogP contribution in [0.1, 0.15) is 5.56 Å². The van der Waals surface area contributed by atoms with Gasteiger partial charge < -0.3 is 15.2 Å². The highest BCUT2D eigenvalue weighted by atomic mass is 16.5. The van der Waals surface area contributed by atoms with E-state index in [4.69, 9.17) is 15.2 Å². The molecule has 1 aliphatic rings. The molecule has 1 aliphatic heterocycles. The van der Waals surface area contributed by atoms with E-state index in [0.29, 0.717) is 13.2 Å². The SMILES string of the molecule is Cc1ccccc1OCC1CN=C(N)O1. The molecule has 80 valence electrons. The fourth-order valence-corrected chi connectivity index (χ4v) is 1.42. The Morgan fingerprint density at radius 3 is 3.00 bits per heavy atom. The zero-order chi connectivity index (χ0) is 10.7. The molecule has 4 nitrogen and oxygen atoms in total. The maximum absolute atomic E-state index is 5.62. The molecular formula is C11H14N2O2. The first kappa shape index (κ1) is 9.83. The molecule has 2 rings (SSSR count). The Morgan fingerprint density at radius 1 is 1.53 bits per heavy atom. The molecule has 1 aromatic rings. The van der Waals surface area contributed by atoms with Crippen LogP contribution in [-0.2, 0) is 4.74 Å². The van der Waals surface area contributed by atoms with E-state index in [1.165, 1.54) is 0 Å². The quantitative estimate of drug-likeness (QED) is 0.805. The van der Waals surface area contributed by atoms with Gasteiger partial charge in [-0.3, -0.25) is 0 Å². The van der Waals surface area contributed by atoms with Gasteiger partial charge in [0.15, 0.2) is 6.10 Å². The zero-order valence-electron chi connectivity index (χ0n) is 8.64. The number of aryl methyl sites for hydroxylation is 1. The van der Waals surface area contributed by atoms with Gasteiger partial charge in [0.2, 0.25) is 0 Å². The maximum Gasteiger partial charge on any atom is 0.282 e. The van der Waals surface area contributed by atoms with Crippen molar-refractivity contribution in [1.29, 1.82) is 0 Å². The number of benzene rings is 1. The van der Waals surface area contributed by atoms with E-state index in [1.807, 2.05) is 31.2 Å². The average Bonchev–Trinajstić information content (AvgIpc) is 2.63. The van der Waals surface area contributed by atoms with E-state index < -0.39 is 0 Å². The first-order chi connectivity index (χ1) is 7.25. The average molecular weight is 206 g/mol. The summed E-state index contributed by atoms with van der Waals surface area (Å²) in [5.41, 5.74) is 6.51. The number of ether oxygens (including phenoxy) is 2. The summed E-state index contributed by atoms with van der Waals surface area (Å²) in [5, 5.41) is 0. The van der Waals surface area contributed by atoms with Gasteiger partial charge in [0.25, 0.3) is 6.02 Å². The van der Waals surface area contributed by atoms with Gasteiger partial charge >= 0.3 is 0 Å². The molecule has 0 aliphatic carbocycles. The minimum absolute atomic E-state index is 0.0513. The van der Waals surface area contributed by atoms with Gasteiger partial charge in [0.05, 0.1) is 6.54 Å². The smallest absolute Gasteiger partial charge is 0.282 e. The van der Waals surface area contributed by atoms with Crippen molar-refractivity contribution >= 4 is 6.02 Å². The monoisotopic (exact) mass is 206 g/mol. The van der Waals surface area contributed by atoms with Crippen molar-refractivity contribution in [2.24, 2.45) is 10.7 Å². The predicted octanol–water partition coefficient (Wildman–Crippen LogP) is 1.09. The van der Waals surface area contributed by atoms with Gasteiger partial charge in [-0.05, 0) is 18.6 Å². The summed E-state index contributed by atoms with van der Waals surface area (Å²) in [6, 6.07) is 8.14. The number of rotatable bonds is 3. The van der Waals surface area contributed by atoms with Gasteiger partial charge in [-0.15, -0.1) is 0 Å². The number of hydrogen-bond donors (Lipinski definition) is 1. The van der Waals surface area contributed by atoms with E-state index in [2.05, 4.69) is 4.99 Å². The number of para-hydroxylation sites is 1. The highest BCUT2D eigenvalue weighted by Gasteiger charge is 2.18. The Hall–Kier alpha value is -1.71. The van der Waals surface area contributed by atoms with Gasteiger partial charge in [-0.2, -0.15) is 0 Å². The summed E-state index contributed by atoms with van der Waals surface area (Å²) >= 11 is 0. The van der Waals surface area contributed by atoms with E-state index in [1.54, 1.807) is 0 Å². The molecule has 1 unspecified atom stereocenters. The van der Waals surface area contributed by atoms with Crippen molar-refractivity contribution in [2.45, 2.75) is 13.0 Å². The highest BCUT2D eigenvalue weighted by Crippen LogP contribution is 2.17. The van der Waals surface area contributed by atoms with Crippen LogP contribution < -0.4 is 10.5 Å². The largest absolute Gasteiger partial charge is 0.489 e. The molecular weight excluding hydrogens is 192 g/mol. The Bertz CT molecular complexity index is 377. The van der Waals surface area contributed by atoms with Crippen LogP contribution in [0.25, 0.3) is 0 Å². The van der Waals surface area contributed by atoms with E-state index >= 15 is 0 Å². The Morgan fingerprint density at radius 2 is 2.33 bits per heavy atom. The molecule has 0 fully saturated rings. The topological polar surface area (TPSA) is 56.8 Å². The van der Waals surface area contributed by atoms with Gasteiger partial charge in [0, 0.05) is 0 Å². The summed E-state index contributed by atoms with van der Waals surface area (Å²) < 4.78 is 10.8. The molecule has 0 bridgehead atoms. The van der Waals surface area contributed by atoms with Gasteiger partial charge in [0.1, 0.15) is 12.4 Å². The molecule has 1 heterocycles. The van der Waals surface area contributed by atoms with E-state index in [0.717, 1.165) is 11.3 Å². The molecule has 15 heavy (non-hydrogen) atoms. The normalized spacial score (nSPS) is 19.5. The molecule has 0 saturated carbocycles. The fourth-order valence-electron chi connectivity index (χ4n) is 1.42. The van der Waals surface area contributed by atoms with E-state index in [9.17, 15) is 0 Å². The van der Waals surface area contributed by atoms with Gasteiger partial charge in [-0.25, -0.2) is 4.99 Å². The summed E-state index contributed by atoms with van der Waals surface area (Å²) in [6.07, 6.45) is -0.0513. The third kappa shape index (κ3) is 2.40. The van der Waals surface area contributed by atoms with Crippen molar-refractivity contribution < 1.29 is 9.47 Å². The number of amidine groups is 1.